The third-order valence-electron chi connectivity index (χ3n) is 4.66. The van der Waals surface area contributed by atoms with Crippen molar-refractivity contribution < 1.29 is 9.47 Å². The average molecular weight is 301 g/mol. The highest BCUT2D eigenvalue weighted by atomic mass is 32.2. The standard InChI is InChI=1S/C16H31NO2S/c1-3-8-17-15(13-18-4-2)14-5-9-19-16(12-14)6-10-20-11-7-16/h14-15,17H,3-13H2,1-2H3. The highest BCUT2D eigenvalue weighted by Crippen LogP contribution is 2.40. The number of hydrogen-bond donors (Lipinski definition) is 1. The van der Waals surface area contributed by atoms with Gasteiger partial charge in [-0.2, -0.15) is 11.8 Å². The summed E-state index contributed by atoms with van der Waals surface area (Å²) in [4.78, 5) is 0. The molecule has 20 heavy (non-hydrogen) atoms. The van der Waals surface area contributed by atoms with E-state index in [2.05, 4.69) is 30.9 Å². The van der Waals surface area contributed by atoms with E-state index in [1.54, 1.807) is 0 Å². The van der Waals surface area contributed by atoms with Crippen LogP contribution in [-0.2, 0) is 9.47 Å². The Kier molecular flexibility index (Phi) is 7.15. The van der Waals surface area contributed by atoms with Gasteiger partial charge in [0, 0.05) is 19.3 Å². The first-order valence-corrected chi connectivity index (χ1v) is 9.48. The molecule has 1 N–H and O–H groups in total. The van der Waals surface area contributed by atoms with E-state index in [0.29, 0.717) is 12.0 Å². The van der Waals surface area contributed by atoms with E-state index in [9.17, 15) is 0 Å². The van der Waals surface area contributed by atoms with Crippen LogP contribution in [-0.4, -0.2) is 49.5 Å². The molecule has 0 aromatic carbocycles. The Morgan fingerprint density at radius 2 is 2.15 bits per heavy atom. The minimum atomic E-state index is 0.187. The van der Waals surface area contributed by atoms with Crippen molar-refractivity contribution in [1.82, 2.24) is 5.32 Å². The summed E-state index contributed by atoms with van der Waals surface area (Å²) in [5, 5.41) is 3.71. The van der Waals surface area contributed by atoms with Gasteiger partial charge in [0.15, 0.2) is 0 Å². The van der Waals surface area contributed by atoms with E-state index >= 15 is 0 Å². The quantitative estimate of drug-likeness (QED) is 0.783. The SMILES string of the molecule is CCCNC(COCC)C1CCOC2(CCSCC2)C1. The molecule has 2 atom stereocenters. The zero-order valence-corrected chi connectivity index (χ0v) is 14.0. The van der Waals surface area contributed by atoms with Crippen LogP contribution in [0.15, 0.2) is 0 Å². The Balaban J connectivity index is 1.92. The van der Waals surface area contributed by atoms with E-state index in [4.69, 9.17) is 9.47 Å². The second-order valence-corrected chi connectivity index (χ2v) is 7.34. The molecule has 4 heteroatoms. The maximum Gasteiger partial charge on any atom is 0.0701 e. The first kappa shape index (κ1) is 16.6. The fraction of sp³-hybridized carbons (Fsp3) is 1.00. The Morgan fingerprint density at radius 1 is 1.35 bits per heavy atom. The van der Waals surface area contributed by atoms with E-state index in [0.717, 1.165) is 26.4 Å². The number of ether oxygens (including phenoxy) is 2. The fourth-order valence-corrected chi connectivity index (χ4v) is 4.67. The summed E-state index contributed by atoms with van der Waals surface area (Å²) in [6.07, 6.45) is 6.07. The lowest BCUT2D eigenvalue weighted by molar-refractivity contribution is -0.110. The molecule has 0 bridgehead atoms. The fourth-order valence-electron chi connectivity index (χ4n) is 3.44. The molecule has 118 valence electrons. The summed E-state index contributed by atoms with van der Waals surface area (Å²) >= 11 is 2.08. The molecule has 0 aromatic rings. The third kappa shape index (κ3) is 4.62. The monoisotopic (exact) mass is 301 g/mol. The average Bonchev–Trinajstić information content (AvgIpc) is 2.48. The molecule has 0 aromatic heterocycles. The van der Waals surface area contributed by atoms with Gasteiger partial charge in [-0.05, 0) is 63.0 Å². The summed E-state index contributed by atoms with van der Waals surface area (Å²) in [5.41, 5.74) is 0.187. The number of rotatable bonds is 7. The highest BCUT2D eigenvalue weighted by molar-refractivity contribution is 7.99. The van der Waals surface area contributed by atoms with Crippen LogP contribution in [0.2, 0.25) is 0 Å². The van der Waals surface area contributed by atoms with E-state index < -0.39 is 0 Å². The van der Waals surface area contributed by atoms with Gasteiger partial charge in [0.2, 0.25) is 0 Å². The van der Waals surface area contributed by atoms with Crippen molar-refractivity contribution in [1.29, 1.82) is 0 Å². The van der Waals surface area contributed by atoms with Crippen molar-refractivity contribution in [2.24, 2.45) is 5.92 Å². The molecule has 0 radical (unpaired) electrons. The van der Waals surface area contributed by atoms with Gasteiger partial charge >= 0.3 is 0 Å². The first-order chi connectivity index (χ1) is 9.79. The molecule has 2 aliphatic heterocycles. The van der Waals surface area contributed by atoms with Crippen molar-refractivity contribution in [3.63, 3.8) is 0 Å². The molecule has 1 spiro atoms. The van der Waals surface area contributed by atoms with Gasteiger partial charge in [0.25, 0.3) is 0 Å². The molecule has 0 aliphatic carbocycles. The van der Waals surface area contributed by atoms with Crippen LogP contribution in [0.5, 0.6) is 0 Å². The van der Waals surface area contributed by atoms with Crippen LogP contribution in [0.1, 0.15) is 46.0 Å². The molecule has 3 nitrogen and oxygen atoms in total. The highest BCUT2D eigenvalue weighted by Gasteiger charge is 2.40. The third-order valence-corrected chi connectivity index (χ3v) is 5.65. The molecular formula is C16H31NO2S. The zero-order valence-electron chi connectivity index (χ0n) is 13.2. The van der Waals surface area contributed by atoms with E-state index in [1.165, 1.54) is 43.6 Å². The van der Waals surface area contributed by atoms with Gasteiger partial charge in [-0.15, -0.1) is 0 Å². The largest absolute Gasteiger partial charge is 0.380 e. The van der Waals surface area contributed by atoms with Crippen molar-refractivity contribution >= 4 is 11.8 Å². The summed E-state index contributed by atoms with van der Waals surface area (Å²) in [6, 6.07) is 0.505. The van der Waals surface area contributed by atoms with Crippen LogP contribution in [0, 0.1) is 5.92 Å². The molecule has 2 heterocycles. The first-order valence-electron chi connectivity index (χ1n) is 8.32. The summed E-state index contributed by atoms with van der Waals surface area (Å²) < 4.78 is 11.9. The summed E-state index contributed by atoms with van der Waals surface area (Å²) in [6.45, 7) is 8.01. The van der Waals surface area contributed by atoms with Crippen molar-refractivity contribution in [3.8, 4) is 0 Å². The zero-order chi connectivity index (χ0) is 14.3. The van der Waals surface area contributed by atoms with Gasteiger partial charge in [-0.3, -0.25) is 0 Å². The Hall–Kier alpha value is 0.230. The number of nitrogens with one attached hydrogen (secondary N) is 1. The van der Waals surface area contributed by atoms with Crippen LogP contribution in [0.4, 0.5) is 0 Å². The van der Waals surface area contributed by atoms with Crippen LogP contribution in [0.3, 0.4) is 0 Å². The van der Waals surface area contributed by atoms with Gasteiger partial charge in [-0.1, -0.05) is 6.92 Å². The molecular weight excluding hydrogens is 270 g/mol. The second-order valence-electron chi connectivity index (χ2n) is 6.12. The van der Waals surface area contributed by atoms with Gasteiger partial charge in [0.05, 0.1) is 12.2 Å². The topological polar surface area (TPSA) is 30.5 Å². The van der Waals surface area contributed by atoms with Crippen molar-refractivity contribution in [3.05, 3.63) is 0 Å². The van der Waals surface area contributed by atoms with E-state index in [-0.39, 0.29) is 5.60 Å². The van der Waals surface area contributed by atoms with Crippen molar-refractivity contribution in [2.75, 3.05) is 37.9 Å². The molecule has 2 saturated heterocycles. The molecule has 2 rings (SSSR count). The maximum absolute atomic E-state index is 6.21. The molecule has 2 fully saturated rings. The van der Waals surface area contributed by atoms with Crippen LogP contribution < -0.4 is 5.32 Å². The summed E-state index contributed by atoms with van der Waals surface area (Å²) in [5.74, 6) is 3.25. The predicted molar refractivity (Wildman–Crippen MR) is 86.5 cm³/mol. The second kappa shape index (κ2) is 8.62. The van der Waals surface area contributed by atoms with E-state index in [1.807, 2.05) is 0 Å². The molecule has 2 unspecified atom stereocenters. The molecule has 0 amide bonds. The Morgan fingerprint density at radius 3 is 2.85 bits per heavy atom. The smallest absolute Gasteiger partial charge is 0.0701 e. The predicted octanol–water partition coefficient (Wildman–Crippen LogP) is 3.08. The lowest BCUT2D eigenvalue weighted by Crippen LogP contribution is -2.50. The Labute approximate surface area is 128 Å². The minimum absolute atomic E-state index is 0.187. The van der Waals surface area contributed by atoms with Gasteiger partial charge in [0.1, 0.15) is 0 Å². The van der Waals surface area contributed by atoms with Gasteiger partial charge < -0.3 is 14.8 Å². The van der Waals surface area contributed by atoms with Crippen LogP contribution >= 0.6 is 11.8 Å². The number of hydrogen-bond acceptors (Lipinski definition) is 4. The van der Waals surface area contributed by atoms with Crippen LogP contribution in [0.25, 0.3) is 0 Å². The summed E-state index contributed by atoms with van der Waals surface area (Å²) in [7, 11) is 0. The molecule has 2 aliphatic rings. The van der Waals surface area contributed by atoms with Gasteiger partial charge in [-0.25, -0.2) is 0 Å². The minimum Gasteiger partial charge on any atom is -0.380 e. The lowest BCUT2D eigenvalue weighted by atomic mass is 9.78. The lowest BCUT2D eigenvalue weighted by Gasteiger charge is -2.45. The number of thioether (sulfide) groups is 1. The Bertz CT molecular complexity index is 256. The normalized spacial score (nSPS) is 27.6. The van der Waals surface area contributed by atoms with Crippen molar-refractivity contribution in [2.45, 2.75) is 57.6 Å². The maximum atomic E-state index is 6.21. The molecule has 0 saturated carbocycles.